The van der Waals surface area contributed by atoms with Gasteiger partial charge in [0.15, 0.2) is 12.4 Å². The lowest BCUT2D eigenvalue weighted by molar-refractivity contribution is -0.303. The minimum Gasteiger partial charge on any atom is -0.508 e. The number of aliphatic hydroxyl groups excluding tert-OH is 3. The van der Waals surface area contributed by atoms with Crippen molar-refractivity contribution in [2.24, 2.45) is 0 Å². The van der Waals surface area contributed by atoms with Crippen LogP contribution >= 0.6 is 0 Å². The second kappa shape index (κ2) is 8.42. The van der Waals surface area contributed by atoms with Gasteiger partial charge in [-0.15, -0.1) is 0 Å². The largest absolute Gasteiger partial charge is 0.508 e. The number of carboxylic acid groups (broad SMARTS) is 1. The van der Waals surface area contributed by atoms with Crippen LogP contribution in [0.5, 0.6) is 5.75 Å². The molecule has 1 saturated heterocycles. The fraction of sp³-hybridized carbons (Fsp3) is 0.450. The second-order valence-electron chi connectivity index (χ2n) is 7.09. The average molecular weight is 392 g/mol. The summed E-state index contributed by atoms with van der Waals surface area (Å²) in [6.45, 7) is 1.75. The molecule has 0 bridgehead atoms. The fourth-order valence-electron chi connectivity index (χ4n) is 3.27. The summed E-state index contributed by atoms with van der Waals surface area (Å²) in [6.07, 6.45) is -7.17. The van der Waals surface area contributed by atoms with Crippen LogP contribution in [0.25, 0.3) is 10.8 Å². The van der Waals surface area contributed by atoms with Gasteiger partial charge in [-0.05, 0) is 48.2 Å². The van der Waals surface area contributed by atoms with Crippen LogP contribution in [0.2, 0.25) is 0 Å². The van der Waals surface area contributed by atoms with E-state index in [0.29, 0.717) is 12.8 Å². The van der Waals surface area contributed by atoms with Crippen molar-refractivity contribution in [2.75, 3.05) is 0 Å². The number of ether oxygens (including phenoxy) is 2. The van der Waals surface area contributed by atoms with E-state index < -0.39 is 42.8 Å². The van der Waals surface area contributed by atoms with Gasteiger partial charge in [-0.1, -0.05) is 24.3 Å². The Morgan fingerprint density at radius 1 is 1.07 bits per heavy atom. The first kappa shape index (κ1) is 20.5. The number of aliphatic carboxylic acids is 1. The summed E-state index contributed by atoms with van der Waals surface area (Å²) in [7, 11) is 0. The molecular weight excluding hydrogens is 368 g/mol. The first-order chi connectivity index (χ1) is 13.3. The molecular formula is C20H24O8. The van der Waals surface area contributed by atoms with Crippen LogP contribution in [0.3, 0.4) is 0 Å². The van der Waals surface area contributed by atoms with Crippen molar-refractivity contribution >= 4 is 16.7 Å². The van der Waals surface area contributed by atoms with Gasteiger partial charge in [0, 0.05) is 0 Å². The average Bonchev–Trinajstić information content (AvgIpc) is 2.66. The fourth-order valence-corrected chi connectivity index (χ4v) is 3.27. The van der Waals surface area contributed by atoms with Crippen molar-refractivity contribution in [3.8, 4) is 5.75 Å². The van der Waals surface area contributed by atoms with Crippen molar-refractivity contribution in [2.45, 2.75) is 56.6 Å². The van der Waals surface area contributed by atoms with E-state index in [0.717, 1.165) is 16.3 Å². The Morgan fingerprint density at radius 3 is 2.46 bits per heavy atom. The number of carbonyl (C=O) groups is 1. The SMILES string of the molecule is CC(CCc1ccc2cc(O)ccc2c1)O[C@@H]1O[C@H](C(=O)O)[C@@H](O)[C@H](O)[C@H]1O. The number of fused-ring (bicyclic) bond motifs is 1. The van der Waals surface area contributed by atoms with E-state index in [-0.39, 0.29) is 5.75 Å². The van der Waals surface area contributed by atoms with Crippen LogP contribution in [-0.2, 0) is 20.7 Å². The lowest BCUT2D eigenvalue weighted by Crippen LogP contribution is -2.60. The quantitative estimate of drug-likeness (QED) is 0.486. The van der Waals surface area contributed by atoms with E-state index in [1.807, 2.05) is 24.3 Å². The number of aliphatic hydroxyl groups is 3. The molecule has 2 aromatic carbocycles. The summed E-state index contributed by atoms with van der Waals surface area (Å²) in [4.78, 5) is 11.1. The van der Waals surface area contributed by atoms with Gasteiger partial charge >= 0.3 is 5.97 Å². The predicted molar refractivity (Wildman–Crippen MR) is 98.8 cm³/mol. The zero-order chi connectivity index (χ0) is 20.4. The third-order valence-electron chi connectivity index (χ3n) is 4.91. The van der Waals surface area contributed by atoms with Gasteiger partial charge in [-0.25, -0.2) is 4.79 Å². The molecule has 0 aliphatic carbocycles. The molecule has 0 saturated carbocycles. The smallest absolute Gasteiger partial charge is 0.335 e. The molecule has 1 unspecified atom stereocenters. The summed E-state index contributed by atoms with van der Waals surface area (Å²) in [5, 5.41) is 50.1. The van der Waals surface area contributed by atoms with Crippen molar-refractivity contribution in [3.05, 3.63) is 42.0 Å². The van der Waals surface area contributed by atoms with Crippen molar-refractivity contribution in [1.29, 1.82) is 0 Å². The highest BCUT2D eigenvalue weighted by Crippen LogP contribution is 2.25. The summed E-state index contributed by atoms with van der Waals surface area (Å²) in [5.41, 5.74) is 1.05. The molecule has 0 spiro atoms. The number of phenols is 1. The Kier molecular flexibility index (Phi) is 6.17. The molecule has 1 aliphatic heterocycles. The molecule has 152 valence electrons. The molecule has 3 rings (SSSR count). The zero-order valence-corrected chi connectivity index (χ0v) is 15.3. The normalized spacial score (nSPS) is 28.9. The minimum absolute atomic E-state index is 0.209. The Balaban J connectivity index is 1.59. The highest BCUT2D eigenvalue weighted by molar-refractivity contribution is 5.84. The number of rotatable bonds is 6. The highest BCUT2D eigenvalue weighted by Gasteiger charge is 2.47. The Bertz CT molecular complexity index is 838. The standard InChI is InChI=1S/C20H24O8/c1-10(27-20-17(24)15(22)16(23)18(28-20)19(25)26)2-3-11-4-5-13-9-14(21)7-6-12(13)8-11/h4-10,15-18,20-24H,2-3H2,1H3,(H,25,26)/t10?,15-,16-,17+,18-,20+/m0/s1. The number of carboxylic acids is 1. The predicted octanol–water partition coefficient (Wildman–Crippen LogP) is 0.775. The third-order valence-corrected chi connectivity index (χ3v) is 4.91. The van der Waals surface area contributed by atoms with E-state index in [1.165, 1.54) is 0 Å². The molecule has 28 heavy (non-hydrogen) atoms. The molecule has 0 amide bonds. The van der Waals surface area contributed by atoms with Crippen molar-refractivity contribution in [1.82, 2.24) is 0 Å². The van der Waals surface area contributed by atoms with Crippen LogP contribution in [0, 0.1) is 0 Å². The molecule has 0 radical (unpaired) electrons. The van der Waals surface area contributed by atoms with E-state index in [4.69, 9.17) is 14.6 Å². The molecule has 8 heteroatoms. The van der Waals surface area contributed by atoms with E-state index in [9.17, 15) is 25.2 Å². The van der Waals surface area contributed by atoms with E-state index in [2.05, 4.69) is 0 Å². The van der Waals surface area contributed by atoms with Crippen LogP contribution in [0.4, 0.5) is 0 Å². The summed E-state index contributed by atoms with van der Waals surface area (Å²) >= 11 is 0. The lowest BCUT2D eigenvalue weighted by atomic mass is 9.99. The maximum absolute atomic E-state index is 11.1. The van der Waals surface area contributed by atoms with Gasteiger partial charge in [-0.3, -0.25) is 0 Å². The Labute approximate surface area is 161 Å². The number of aryl methyl sites for hydroxylation is 1. The summed E-state index contributed by atoms with van der Waals surface area (Å²) < 4.78 is 10.7. The minimum atomic E-state index is -1.74. The van der Waals surface area contributed by atoms with Crippen LogP contribution in [0.1, 0.15) is 18.9 Å². The molecule has 5 N–H and O–H groups in total. The molecule has 6 atom stereocenters. The molecule has 1 aliphatic rings. The topological polar surface area (TPSA) is 137 Å². The maximum Gasteiger partial charge on any atom is 0.335 e. The summed E-state index contributed by atoms with van der Waals surface area (Å²) in [5.74, 6) is -1.23. The number of phenolic OH excluding ortho intramolecular Hbond substituents is 1. The van der Waals surface area contributed by atoms with Crippen LogP contribution < -0.4 is 0 Å². The van der Waals surface area contributed by atoms with E-state index in [1.54, 1.807) is 19.1 Å². The number of hydrogen-bond donors (Lipinski definition) is 5. The Morgan fingerprint density at radius 2 is 1.75 bits per heavy atom. The van der Waals surface area contributed by atoms with Crippen LogP contribution in [0.15, 0.2) is 36.4 Å². The molecule has 1 fully saturated rings. The van der Waals surface area contributed by atoms with Gasteiger partial charge in [0.05, 0.1) is 6.10 Å². The second-order valence-corrected chi connectivity index (χ2v) is 7.09. The molecule has 0 aromatic heterocycles. The molecule has 8 nitrogen and oxygen atoms in total. The Hall–Kier alpha value is -2.23. The highest BCUT2D eigenvalue weighted by atomic mass is 16.7. The number of hydrogen-bond acceptors (Lipinski definition) is 7. The maximum atomic E-state index is 11.1. The van der Waals surface area contributed by atoms with Gasteiger partial charge in [0.1, 0.15) is 24.1 Å². The number of aromatic hydroxyl groups is 1. The van der Waals surface area contributed by atoms with Crippen molar-refractivity contribution < 1.29 is 39.8 Å². The first-order valence-corrected chi connectivity index (χ1v) is 9.06. The molecule has 2 aromatic rings. The summed E-state index contributed by atoms with van der Waals surface area (Å²) in [6, 6.07) is 11.0. The van der Waals surface area contributed by atoms with E-state index >= 15 is 0 Å². The van der Waals surface area contributed by atoms with Gasteiger partial charge in [0.25, 0.3) is 0 Å². The van der Waals surface area contributed by atoms with Gasteiger partial charge < -0.3 is 35.0 Å². The zero-order valence-electron chi connectivity index (χ0n) is 15.3. The third kappa shape index (κ3) is 4.43. The lowest BCUT2D eigenvalue weighted by Gasteiger charge is -2.39. The van der Waals surface area contributed by atoms with Crippen molar-refractivity contribution in [3.63, 3.8) is 0 Å². The monoisotopic (exact) mass is 392 g/mol. The molecule has 1 heterocycles. The number of benzene rings is 2. The van der Waals surface area contributed by atoms with Gasteiger partial charge in [0.2, 0.25) is 0 Å². The van der Waals surface area contributed by atoms with Crippen LogP contribution in [-0.4, -0.2) is 68.3 Å². The van der Waals surface area contributed by atoms with Gasteiger partial charge in [-0.2, -0.15) is 0 Å². The first-order valence-electron chi connectivity index (χ1n) is 9.06.